The van der Waals surface area contributed by atoms with Crippen LogP contribution in [0.2, 0.25) is 10.0 Å². The number of aliphatic imine (C=N–C) groups is 1. The minimum absolute atomic E-state index is 0.148. The van der Waals surface area contributed by atoms with E-state index in [9.17, 15) is 14.9 Å². The lowest BCUT2D eigenvalue weighted by molar-refractivity contribution is -0.757. The van der Waals surface area contributed by atoms with Crippen LogP contribution in [-0.2, 0) is 9.63 Å². The Morgan fingerprint density at radius 2 is 2.13 bits per heavy atom. The Kier molecular flexibility index (Phi) is 5.45. The average molecular weight is 362 g/mol. The third-order valence-corrected chi connectivity index (χ3v) is 3.55. The van der Waals surface area contributed by atoms with E-state index in [-0.39, 0.29) is 34.9 Å². The highest BCUT2D eigenvalue weighted by Crippen LogP contribution is 2.33. The van der Waals surface area contributed by atoms with Gasteiger partial charge in [0.1, 0.15) is 6.61 Å². The van der Waals surface area contributed by atoms with E-state index in [2.05, 4.69) is 15.1 Å². The maximum Gasteiger partial charge on any atom is 0.294 e. The second kappa shape index (κ2) is 7.34. The Hall–Kier alpha value is -2.26. The number of nitrogens with zero attached hydrogens (tertiary/aromatic N) is 3. The van der Waals surface area contributed by atoms with E-state index in [1.165, 1.54) is 17.0 Å². The van der Waals surface area contributed by atoms with E-state index in [0.29, 0.717) is 24.5 Å². The summed E-state index contributed by atoms with van der Waals surface area (Å²) in [5.74, 6) is -0.0945. The molecule has 0 unspecified atom stereocenters. The van der Waals surface area contributed by atoms with E-state index in [1.807, 2.05) is 0 Å². The Morgan fingerprint density at radius 3 is 2.74 bits per heavy atom. The first-order valence-electron chi connectivity index (χ1n) is 6.52. The van der Waals surface area contributed by atoms with Crippen LogP contribution in [-0.4, -0.2) is 41.5 Å². The molecule has 0 fully saturated rings. The smallest absolute Gasteiger partial charge is 0.294 e. The highest BCUT2D eigenvalue weighted by molar-refractivity contribution is 6.40. The average Bonchev–Trinajstić information content (AvgIpc) is 2.90. The largest absolute Gasteiger partial charge is 0.399 e. The van der Waals surface area contributed by atoms with E-state index >= 15 is 0 Å². The molecule has 0 saturated carbocycles. The minimum atomic E-state index is -0.946. The summed E-state index contributed by atoms with van der Waals surface area (Å²) in [6.45, 7) is 0.428. The van der Waals surface area contributed by atoms with E-state index in [1.54, 1.807) is 0 Å². The van der Waals surface area contributed by atoms with Crippen molar-refractivity contribution in [3.05, 3.63) is 32.3 Å². The molecular weight excluding hydrogens is 349 g/mol. The molecule has 0 bridgehead atoms. The summed E-state index contributed by atoms with van der Waals surface area (Å²) in [5, 5.41) is 12.6. The Bertz CT molecular complexity index is 644. The van der Waals surface area contributed by atoms with Crippen LogP contribution in [0.4, 0.5) is 11.4 Å². The molecule has 23 heavy (non-hydrogen) atoms. The maximum atomic E-state index is 12.1. The molecule has 3 N–H and O–H groups in total. The first-order valence-corrected chi connectivity index (χ1v) is 7.27. The summed E-state index contributed by atoms with van der Waals surface area (Å²) in [6, 6.07) is 3.03. The molecule has 124 valence electrons. The van der Waals surface area contributed by atoms with Crippen molar-refractivity contribution < 1.29 is 14.7 Å². The molecule has 1 heterocycles. The zero-order chi connectivity index (χ0) is 17.0. The lowest BCUT2D eigenvalue weighted by atomic mass is 10.3. The summed E-state index contributed by atoms with van der Waals surface area (Å²) < 4.78 is 0. The molecule has 0 aromatic heterocycles. The third kappa shape index (κ3) is 4.36. The van der Waals surface area contributed by atoms with Gasteiger partial charge in [-0.15, -0.1) is 10.1 Å². The Balaban J connectivity index is 2.05. The second-order valence-electron chi connectivity index (χ2n) is 4.54. The van der Waals surface area contributed by atoms with E-state index in [0.717, 1.165) is 0 Å². The number of carbonyl (C=O) groups is 1. The van der Waals surface area contributed by atoms with Crippen molar-refractivity contribution in [3.63, 3.8) is 0 Å². The van der Waals surface area contributed by atoms with Gasteiger partial charge in [-0.2, -0.15) is 0 Å². The fourth-order valence-electron chi connectivity index (χ4n) is 1.96. The highest BCUT2D eigenvalue weighted by Gasteiger charge is 2.25. The molecule has 0 saturated heterocycles. The van der Waals surface area contributed by atoms with Crippen molar-refractivity contribution in [1.82, 2.24) is 4.90 Å². The molecule has 0 radical (unpaired) electrons. The number of nitrogen functional groups attached to an aromatic ring is 1. The van der Waals surface area contributed by atoms with Gasteiger partial charge in [0.2, 0.25) is 11.9 Å². The first kappa shape index (κ1) is 17.1. The van der Waals surface area contributed by atoms with Crippen LogP contribution in [0, 0.1) is 10.1 Å². The van der Waals surface area contributed by atoms with Crippen LogP contribution in [0.15, 0.2) is 17.1 Å². The number of amides is 1. The van der Waals surface area contributed by atoms with Gasteiger partial charge in [0, 0.05) is 12.2 Å². The zero-order valence-corrected chi connectivity index (χ0v) is 13.3. The standard InChI is InChI=1S/C12H13Cl2N5O4/c13-8-5-7(15)6-9(14)11(8)17-12-16-2-3-18(12)10(20)1-4-23-19(21)22/h5-6H,1-4,15H2,(H,16,17). The van der Waals surface area contributed by atoms with Gasteiger partial charge in [-0.1, -0.05) is 23.2 Å². The summed E-state index contributed by atoms with van der Waals surface area (Å²) in [7, 11) is 0. The van der Waals surface area contributed by atoms with Crippen LogP contribution in [0.5, 0.6) is 0 Å². The summed E-state index contributed by atoms with van der Waals surface area (Å²) >= 11 is 12.2. The monoisotopic (exact) mass is 361 g/mol. The molecular formula is C12H13Cl2N5O4. The van der Waals surface area contributed by atoms with Crippen molar-refractivity contribution in [2.24, 2.45) is 4.99 Å². The third-order valence-electron chi connectivity index (χ3n) is 2.96. The molecule has 1 aromatic carbocycles. The van der Waals surface area contributed by atoms with Crippen molar-refractivity contribution in [1.29, 1.82) is 0 Å². The normalized spacial score (nSPS) is 13.7. The lowest BCUT2D eigenvalue weighted by Gasteiger charge is -2.20. The molecule has 0 atom stereocenters. The van der Waals surface area contributed by atoms with Crippen LogP contribution in [0.3, 0.4) is 0 Å². The van der Waals surface area contributed by atoms with Crippen molar-refractivity contribution in [2.45, 2.75) is 6.42 Å². The van der Waals surface area contributed by atoms with Crippen molar-refractivity contribution in [2.75, 3.05) is 30.7 Å². The van der Waals surface area contributed by atoms with Gasteiger partial charge in [-0.3, -0.25) is 14.7 Å². The van der Waals surface area contributed by atoms with Gasteiger partial charge in [-0.25, -0.2) is 0 Å². The van der Waals surface area contributed by atoms with Gasteiger partial charge in [0.25, 0.3) is 5.09 Å². The molecule has 9 nitrogen and oxygen atoms in total. The number of anilines is 2. The predicted octanol–water partition coefficient (Wildman–Crippen LogP) is 1.78. The zero-order valence-electron chi connectivity index (χ0n) is 11.8. The number of rotatable bonds is 5. The number of nitrogens with one attached hydrogen (secondary N) is 1. The molecule has 1 aliphatic rings. The van der Waals surface area contributed by atoms with Crippen molar-refractivity contribution in [3.8, 4) is 0 Å². The number of halogens is 2. The van der Waals surface area contributed by atoms with Gasteiger partial charge < -0.3 is 15.9 Å². The lowest BCUT2D eigenvalue weighted by Crippen LogP contribution is -2.39. The topological polar surface area (TPSA) is 123 Å². The number of hydrogen-bond acceptors (Lipinski definition) is 7. The summed E-state index contributed by atoms with van der Waals surface area (Å²) in [4.78, 5) is 31.8. The van der Waals surface area contributed by atoms with Gasteiger partial charge in [0.15, 0.2) is 0 Å². The van der Waals surface area contributed by atoms with Gasteiger partial charge in [0.05, 0.1) is 28.7 Å². The van der Waals surface area contributed by atoms with E-state index < -0.39 is 5.09 Å². The summed E-state index contributed by atoms with van der Waals surface area (Å²) in [5.41, 5.74) is 6.41. The Labute approximate surface area is 141 Å². The quantitative estimate of drug-likeness (QED) is 0.468. The maximum absolute atomic E-state index is 12.1. The molecule has 2 rings (SSSR count). The fourth-order valence-corrected chi connectivity index (χ4v) is 2.56. The van der Waals surface area contributed by atoms with Crippen LogP contribution in [0.1, 0.15) is 6.42 Å². The van der Waals surface area contributed by atoms with Crippen LogP contribution >= 0.6 is 23.2 Å². The fraction of sp³-hybridized carbons (Fsp3) is 0.333. The molecule has 0 spiro atoms. The highest BCUT2D eigenvalue weighted by atomic mass is 35.5. The number of benzene rings is 1. The second-order valence-corrected chi connectivity index (χ2v) is 5.36. The predicted molar refractivity (Wildman–Crippen MR) is 86.1 cm³/mol. The number of carbonyl (C=O) groups excluding carboxylic acids is 1. The molecule has 1 amide bonds. The number of hydrogen-bond donors (Lipinski definition) is 2. The molecule has 11 heteroatoms. The van der Waals surface area contributed by atoms with Gasteiger partial charge in [-0.05, 0) is 12.1 Å². The van der Waals surface area contributed by atoms with Crippen molar-refractivity contribution >= 4 is 46.4 Å². The Morgan fingerprint density at radius 1 is 1.48 bits per heavy atom. The van der Waals surface area contributed by atoms with Crippen LogP contribution in [0.25, 0.3) is 0 Å². The van der Waals surface area contributed by atoms with E-state index in [4.69, 9.17) is 28.9 Å². The van der Waals surface area contributed by atoms with Gasteiger partial charge >= 0.3 is 0 Å². The summed E-state index contributed by atoms with van der Waals surface area (Å²) in [6.07, 6.45) is -0.148. The molecule has 0 aliphatic carbocycles. The molecule has 1 aromatic rings. The van der Waals surface area contributed by atoms with Crippen LogP contribution < -0.4 is 11.1 Å². The number of nitrogens with two attached hydrogens (primary N) is 1. The SMILES string of the molecule is Nc1cc(Cl)c(NC2=NCCN2C(=O)CCO[N+](=O)[O-])c(Cl)c1. The minimum Gasteiger partial charge on any atom is -0.399 e. The number of guanidine groups is 1. The first-order chi connectivity index (χ1) is 10.9. The molecule has 1 aliphatic heterocycles.